The molecule has 5 heteroatoms. The molecule has 2 aliphatic heterocycles. The summed E-state index contributed by atoms with van der Waals surface area (Å²) in [6.45, 7) is 2.25. The van der Waals surface area contributed by atoms with Crippen molar-refractivity contribution in [2.24, 2.45) is 0 Å². The van der Waals surface area contributed by atoms with Gasteiger partial charge in [0.05, 0.1) is 0 Å². The Labute approximate surface area is 97.5 Å². The predicted molar refractivity (Wildman–Crippen MR) is 57.8 cm³/mol. The highest BCUT2D eigenvalue weighted by atomic mass is 16.7. The Bertz CT molecular complexity index is 614. The molecule has 3 heterocycles. The van der Waals surface area contributed by atoms with Crippen molar-refractivity contribution >= 4 is 0 Å². The molecule has 0 unspecified atom stereocenters. The monoisotopic (exact) mass is 230 g/mol. The average molecular weight is 230 g/mol. The van der Waals surface area contributed by atoms with E-state index < -0.39 is 5.79 Å². The number of hydrogen-bond donors (Lipinski definition) is 0. The van der Waals surface area contributed by atoms with Gasteiger partial charge in [-0.2, -0.15) is 5.26 Å². The van der Waals surface area contributed by atoms with Crippen LogP contribution in [0.15, 0.2) is 23.4 Å². The van der Waals surface area contributed by atoms with E-state index in [2.05, 4.69) is 0 Å². The van der Waals surface area contributed by atoms with Gasteiger partial charge < -0.3 is 14.0 Å². The Morgan fingerprint density at radius 3 is 2.82 bits per heavy atom. The number of hydrogen-bond acceptors (Lipinski definition) is 4. The number of pyridine rings is 1. The molecule has 1 aromatic rings. The van der Waals surface area contributed by atoms with E-state index in [1.165, 1.54) is 12.5 Å². The maximum absolute atomic E-state index is 12.1. The van der Waals surface area contributed by atoms with Crippen molar-refractivity contribution < 1.29 is 9.47 Å². The van der Waals surface area contributed by atoms with Crippen molar-refractivity contribution in [1.82, 2.24) is 4.57 Å². The number of rotatable bonds is 0. The number of aromatic nitrogens is 1. The van der Waals surface area contributed by atoms with E-state index in [1.807, 2.05) is 6.07 Å². The fourth-order valence-electron chi connectivity index (χ4n) is 2.37. The van der Waals surface area contributed by atoms with Gasteiger partial charge in [-0.05, 0) is 18.6 Å². The number of nitrogens with zero attached hydrogens (tertiary/aromatic N) is 2. The Morgan fingerprint density at radius 2 is 2.18 bits per heavy atom. The van der Waals surface area contributed by atoms with Gasteiger partial charge in [-0.3, -0.25) is 4.79 Å². The van der Waals surface area contributed by atoms with Gasteiger partial charge in [-0.25, -0.2) is 0 Å². The van der Waals surface area contributed by atoms with Gasteiger partial charge in [-0.15, -0.1) is 0 Å². The molecule has 0 aromatic carbocycles. The Morgan fingerprint density at radius 1 is 1.47 bits per heavy atom. The third-order valence-electron chi connectivity index (χ3n) is 3.24. The minimum atomic E-state index is -0.863. The zero-order valence-electron chi connectivity index (χ0n) is 9.27. The van der Waals surface area contributed by atoms with Crippen molar-refractivity contribution in [3.63, 3.8) is 0 Å². The van der Waals surface area contributed by atoms with Crippen LogP contribution in [-0.2, 0) is 21.8 Å². The molecular weight excluding hydrogens is 220 g/mol. The van der Waals surface area contributed by atoms with Gasteiger partial charge in [0, 0.05) is 13.0 Å². The molecule has 5 nitrogen and oxygen atoms in total. The van der Waals surface area contributed by atoms with Crippen LogP contribution in [0.1, 0.15) is 23.2 Å². The molecule has 86 valence electrons. The Hall–Kier alpha value is -2.22. The van der Waals surface area contributed by atoms with E-state index in [-0.39, 0.29) is 11.1 Å². The summed E-state index contributed by atoms with van der Waals surface area (Å²) in [5, 5.41) is 8.95. The summed E-state index contributed by atoms with van der Waals surface area (Å²) in [6.07, 6.45) is 3.53. The Balaban J connectivity index is 2.26. The molecule has 0 fully saturated rings. The van der Waals surface area contributed by atoms with Crippen LogP contribution in [0.5, 0.6) is 0 Å². The maximum Gasteiger partial charge on any atom is 0.293 e. The molecule has 0 atom stereocenters. The summed E-state index contributed by atoms with van der Waals surface area (Å²) in [4.78, 5) is 12.1. The van der Waals surface area contributed by atoms with Gasteiger partial charge in [0.1, 0.15) is 29.9 Å². The molecular formula is C12H10N2O3. The van der Waals surface area contributed by atoms with E-state index in [9.17, 15) is 4.79 Å². The van der Waals surface area contributed by atoms with Gasteiger partial charge in [0.2, 0.25) is 0 Å². The molecule has 0 aliphatic carbocycles. The standard InChI is InChI=1S/C12H10N2O3/c1-8-6-10-12(16-4-5-17-12)2-3-14(10)11(15)9(8)7-13/h4-6H,2-3H2,1H3. The first-order valence-electron chi connectivity index (χ1n) is 5.34. The van der Waals surface area contributed by atoms with E-state index in [1.54, 1.807) is 17.6 Å². The highest BCUT2D eigenvalue weighted by Crippen LogP contribution is 2.40. The highest BCUT2D eigenvalue weighted by molar-refractivity contribution is 5.38. The molecule has 0 amide bonds. The molecule has 0 saturated heterocycles. The third-order valence-corrected chi connectivity index (χ3v) is 3.24. The van der Waals surface area contributed by atoms with Crippen molar-refractivity contribution in [1.29, 1.82) is 5.26 Å². The van der Waals surface area contributed by atoms with Crippen LogP contribution in [0.4, 0.5) is 0 Å². The summed E-state index contributed by atoms with van der Waals surface area (Å²) in [7, 11) is 0. The lowest BCUT2D eigenvalue weighted by molar-refractivity contribution is -0.147. The molecule has 0 N–H and O–H groups in total. The summed E-state index contributed by atoms with van der Waals surface area (Å²) in [5.41, 5.74) is 1.27. The van der Waals surface area contributed by atoms with E-state index >= 15 is 0 Å². The number of fused-ring (bicyclic) bond motifs is 2. The number of nitriles is 1. The molecule has 3 rings (SSSR count). The summed E-state index contributed by atoms with van der Waals surface area (Å²) >= 11 is 0. The van der Waals surface area contributed by atoms with Gasteiger partial charge >= 0.3 is 0 Å². The van der Waals surface area contributed by atoms with Crippen LogP contribution in [0.2, 0.25) is 0 Å². The van der Waals surface area contributed by atoms with Gasteiger partial charge in [0.15, 0.2) is 0 Å². The van der Waals surface area contributed by atoms with Crippen LogP contribution >= 0.6 is 0 Å². The zero-order chi connectivity index (χ0) is 12.0. The molecule has 0 radical (unpaired) electrons. The molecule has 2 aliphatic rings. The van der Waals surface area contributed by atoms with Gasteiger partial charge in [0.25, 0.3) is 11.3 Å². The fourth-order valence-corrected chi connectivity index (χ4v) is 2.37. The largest absolute Gasteiger partial charge is 0.451 e. The van der Waals surface area contributed by atoms with Crippen LogP contribution in [-0.4, -0.2) is 4.57 Å². The molecule has 0 saturated carbocycles. The second kappa shape index (κ2) is 3.14. The fraction of sp³-hybridized carbons (Fsp3) is 0.333. The first-order valence-corrected chi connectivity index (χ1v) is 5.34. The minimum absolute atomic E-state index is 0.191. The zero-order valence-corrected chi connectivity index (χ0v) is 9.27. The molecule has 17 heavy (non-hydrogen) atoms. The normalized spacial score (nSPS) is 18.6. The second-order valence-electron chi connectivity index (χ2n) is 4.17. The van der Waals surface area contributed by atoms with E-state index in [0.717, 1.165) is 0 Å². The molecule has 1 spiro atoms. The average Bonchev–Trinajstić information content (AvgIpc) is 2.90. The lowest BCUT2D eigenvalue weighted by Gasteiger charge is -2.22. The first-order chi connectivity index (χ1) is 8.18. The Kier molecular flexibility index (Phi) is 1.84. The van der Waals surface area contributed by atoms with Crippen molar-refractivity contribution in [2.45, 2.75) is 25.7 Å². The van der Waals surface area contributed by atoms with Crippen LogP contribution < -0.4 is 5.56 Å². The molecule has 0 bridgehead atoms. The van der Waals surface area contributed by atoms with Crippen molar-refractivity contribution in [3.05, 3.63) is 45.8 Å². The second-order valence-corrected chi connectivity index (χ2v) is 4.17. The van der Waals surface area contributed by atoms with Crippen molar-refractivity contribution in [2.75, 3.05) is 0 Å². The van der Waals surface area contributed by atoms with E-state index in [4.69, 9.17) is 14.7 Å². The van der Waals surface area contributed by atoms with E-state index in [0.29, 0.717) is 24.2 Å². The van der Waals surface area contributed by atoms with Crippen molar-refractivity contribution in [3.8, 4) is 6.07 Å². The number of ether oxygens (including phenoxy) is 2. The van der Waals surface area contributed by atoms with Crippen LogP contribution in [0.3, 0.4) is 0 Å². The summed E-state index contributed by atoms with van der Waals surface area (Å²) < 4.78 is 12.5. The molecule has 1 aromatic heterocycles. The summed E-state index contributed by atoms with van der Waals surface area (Å²) in [5.74, 6) is -0.863. The maximum atomic E-state index is 12.1. The summed E-state index contributed by atoms with van der Waals surface area (Å²) in [6, 6.07) is 3.73. The first kappa shape index (κ1) is 9.97. The number of aryl methyl sites for hydroxylation is 1. The van der Waals surface area contributed by atoms with Crippen LogP contribution in [0.25, 0.3) is 0 Å². The quantitative estimate of drug-likeness (QED) is 0.669. The van der Waals surface area contributed by atoms with Crippen LogP contribution in [0, 0.1) is 18.3 Å². The van der Waals surface area contributed by atoms with Gasteiger partial charge in [-0.1, -0.05) is 0 Å². The predicted octanol–water partition coefficient (Wildman–Crippen LogP) is 1.10. The minimum Gasteiger partial charge on any atom is -0.451 e. The highest BCUT2D eigenvalue weighted by Gasteiger charge is 2.45. The SMILES string of the molecule is Cc1cc2n(c(=O)c1C#N)CCC21OC=CO1. The third kappa shape index (κ3) is 1.15. The smallest absolute Gasteiger partial charge is 0.293 e. The topological polar surface area (TPSA) is 64.2 Å². The lowest BCUT2D eigenvalue weighted by Crippen LogP contribution is -2.28. The lowest BCUT2D eigenvalue weighted by atomic mass is 10.1.